The van der Waals surface area contributed by atoms with Crippen molar-refractivity contribution in [1.82, 2.24) is 0 Å². The molecule has 0 spiro atoms. The number of benzene rings is 2. The smallest absolute Gasteiger partial charge is 0.271 e. The predicted octanol–water partition coefficient (Wildman–Crippen LogP) is 5.44. The summed E-state index contributed by atoms with van der Waals surface area (Å²) in [6.45, 7) is 4.75. The Morgan fingerprint density at radius 2 is 1.89 bits per heavy atom. The number of rotatable bonds is 6. The zero-order valence-corrected chi connectivity index (χ0v) is 17.4. The Morgan fingerprint density at radius 1 is 1.18 bits per heavy atom. The number of carbonyl (C=O) groups is 1. The maximum atomic E-state index is 12.8. The number of halogens is 1. The normalized spacial score (nSPS) is 15.6. The molecule has 1 aliphatic heterocycles. The van der Waals surface area contributed by atoms with Gasteiger partial charge in [0, 0.05) is 5.02 Å². The van der Waals surface area contributed by atoms with Crippen LogP contribution in [0.4, 0.5) is 5.69 Å². The van der Waals surface area contributed by atoms with Crippen LogP contribution in [0.1, 0.15) is 19.4 Å². The van der Waals surface area contributed by atoms with E-state index in [1.54, 1.807) is 37.5 Å². The highest BCUT2D eigenvalue weighted by molar-refractivity contribution is 8.19. The molecule has 0 radical (unpaired) electrons. The molecule has 3 rings (SSSR count). The van der Waals surface area contributed by atoms with E-state index in [1.807, 2.05) is 18.2 Å². The van der Waals surface area contributed by atoms with E-state index >= 15 is 0 Å². The Kier molecular flexibility index (Phi) is 6.31. The predicted molar refractivity (Wildman–Crippen MR) is 116 cm³/mol. The highest BCUT2D eigenvalue weighted by Gasteiger charge is 2.33. The average molecular weight is 417 g/mol. The first-order chi connectivity index (χ1) is 13.4. The number of anilines is 1. The van der Waals surface area contributed by atoms with E-state index in [-0.39, 0.29) is 11.1 Å². The van der Waals surface area contributed by atoms with Crippen molar-refractivity contribution in [1.29, 1.82) is 5.41 Å². The summed E-state index contributed by atoms with van der Waals surface area (Å²) in [7, 11) is 1.59. The van der Waals surface area contributed by atoms with Crippen molar-refractivity contribution < 1.29 is 14.3 Å². The quantitative estimate of drug-likeness (QED) is 0.637. The van der Waals surface area contributed by atoms with Crippen LogP contribution in [0, 0.1) is 11.3 Å². The number of hydrogen-bond donors (Lipinski definition) is 1. The molecule has 7 heteroatoms. The summed E-state index contributed by atoms with van der Waals surface area (Å²) in [5.74, 6) is 1.44. The fourth-order valence-electron chi connectivity index (χ4n) is 2.61. The summed E-state index contributed by atoms with van der Waals surface area (Å²) >= 11 is 7.04. The van der Waals surface area contributed by atoms with Crippen molar-refractivity contribution in [2.45, 2.75) is 13.8 Å². The lowest BCUT2D eigenvalue weighted by atomic mass is 10.1. The van der Waals surface area contributed by atoms with Crippen LogP contribution in [0.25, 0.3) is 6.08 Å². The fraction of sp³-hybridized carbons (Fsp3) is 0.238. The van der Waals surface area contributed by atoms with Gasteiger partial charge < -0.3 is 9.47 Å². The van der Waals surface area contributed by atoms with Gasteiger partial charge >= 0.3 is 0 Å². The van der Waals surface area contributed by atoms with Gasteiger partial charge in [-0.05, 0) is 65.7 Å². The molecule has 1 amide bonds. The van der Waals surface area contributed by atoms with Crippen molar-refractivity contribution in [3.05, 3.63) is 58.0 Å². The minimum Gasteiger partial charge on any atom is -0.493 e. The van der Waals surface area contributed by atoms with Gasteiger partial charge in [-0.3, -0.25) is 15.1 Å². The van der Waals surface area contributed by atoms with Crippen LogP contribution in [-0.2, 0) is 4.79 Å². The zero-order chi connectivity index (χ0) is 20.3. The highest BCUT2D eigenvalue weighted by atomic mass is 35.5. The Morgan fingerprint density at radius 3 is 2.54 bits per heavy atom. The molecule has 0 aromatic heterocycles. The summed E-state index contributed by atoms with van der Waals surface area (Å²) in [6.07, 6.45) is 1.76. The van der Waals surface area contributed by atoms with Gasteiger partial charge in [0.2, 0.25) is 0 Å². The van der Waals surface area contributed by atoms with Gasteiger partial charge in [-0.25, -0.2) is 0 Å². The lowest BCUT2D eigenvalue weighted by Crippen LogP contribution is -2.27. The number of amidine groups is 1. The number of carbonyl (C=O) groups excluding carboxylic acids is 1. The van der Waals surface area contributed by atoms with Crippen LogP contribution in [0.5, 0.6) is 11.5 Å². The van der Waals surface area contributed by atoms with Gasteiger partial charge in [0.05, 0.1) is 24.3 Å². The molecule has 1 saturated heterocycles. The fourth-order valence-corrected chi connectivity index (χ4v) is 3.60. The highest BCUT2D eigenvalue weighted by Crippen LogP contribution is 2.36. The van der Waals surface area contributed by atoms with Crippen molar-refractivity contribution in [3.63, 3.8) is 0 Å². The molecular weight excluding hydrogens is 396 g/mol. The third-order valence-electron chi connectivity index (χ3n) is 3.97. The van der Waals surface area contributed by atoms with E-state index in [1.165, 1.54) is 4.90 Å². The lowest BCUT2D eigenvalue weighted by molar-refractivity contribution is -0.113. The van der Waals surface area contributed by atoms with E-state index in [0.717, 1.165) is 17.3 Å². The number of hydrogen-bond acceptors (Lipinski definition) is 5. The monoisotopic (exact) mass is 416 g/mol. The Hall–Kier alpha value is -2.44. The molecule has 28 heavy (non-hydrogen) atoms. The van der Waals surface area contributed by atoms with Crippen LogP contribution in [0.2, 0.25) is 5.02 Å². The van der Waals surface area contributed by atoms with Crippen LogP contribution < -0.4 is 14.4 Å². The number of nitrogens with one attached hydrogen (secondary N) is 1. The first-order valence-corrected chi connectivity index (χ1v) is 9.97. The Labute approximate surface area is 173 Å². The van der Waals surface area contributed by atoms with Gasteiger partial charge in [0.1, 0.15) is 0 Å². The molecule has 5 nitrogen and oxygen atoms in total. The van der Waals surface area contributed by atoms with Crippen LogP contribution >= 0.6 is 23.4 Å². The first-order valence-electron chi connectivity index (χ1n) is 8.78. The maximum absolute atomic E-state index is 12.8. The van der Waals surface area contributed by atoms with Crippen molar-refractivity contribution in [2.24, 2.45) is 5.92 Å². The molecule has 1 fully saturated rings. The Balaban J connectivity index is 1.84. The number of ether oxygens (including phenoxy) is 2. The van der Waals surface area contributed by atoms with Gasteiger partial charge in [0.25, 0.3) is 5.91 Å². The van der Waals surface area contributed by atoms with Gasteiger partial charge in [-0.1, -0.05) is 31.5 Å². The van der Waals surface area contributed by atoms with Crippen LogP contribution in [0.3, 0.4) is 0 Å². The molecule has 2 aromatic rings. The molecule has 146 valence electrons. The molecular formula is C21H21ClN2O3S. The average Bonchev–Trinajstić information content (AvgIpc) is 2.94. The third kappa shape index (κ3) is 4.51. The Bertz CT molecular complexity index is 926. The van der Waals surface area contributed by atoms with Crippen molar-refractivity contribution >= 4 is 46.2 Å². The molecule has 0 unspecified atom stereocenters. The molecule has 1 aliphatic rings. The zero-order valence-electron chi connectivity index (χ0n) is 15.9. The van der Waals surface area contributed by atoms with Crippen LogP contribution in [-0.4, -0.2) is 24.8 Å². The standard InChI is InChI=1S/C21H21ClN2O3S/c1-13(2)12-27-17-9-4-14(10-18(17)26-3)11-19-20(25)24(21(23)28-19)16-7-5-15(22)6-8-16/h4-11,13,23H,12H2,1-3H3/b19-11-,23-21?. The van der Waals surface area contributed by atoms with Gasteiger partial charge in [0.15, 0.2) is 16.7 Å². The van der Waals surface area contributed by atoms with Crippen molar-refractivity contribution in [3.8, 4) is 11.5 Å². The molecule has 1 N–H and O–H groups in total. The van der Waals surface area contributed by atoms with E-state index in [9.17, 15) is 4.79 Å². The van der Waals surface area contributed by atoms with E-state index in [2.05, 4.69) is 13.8 Å². The third-order valence-corrected chi connectivity index (χ3v) is 5.11. The van der Waals surface area contributed by atoms with E-state index in [4.69, 9.17) is 26.5 Å². The summed E-state index contributed by atoms with van der Waals surface area (Å²) in [5.41, 5.74) is 1.42. The number of nitrogens with zero attached hydrogens (tertiary/aromatic N) is 1. The van der Waals surface area contributed by atoms with Crippen LogP contribution in [0.15, 0.2) is 47.4 Å². The second-order valence-electron chi connectivity index (χ2n) is 6.65. The summed E-state index contributed by atoms with van der Waals surface area (Å²) in [6, 6.07) is 12.4. The van der Waals surface area contributed by atoms with Gasteiger partial charge in [-0.2, -0.15) is 0 Å². The number of thioether (sulfide) groups is 1. The maximum Gasteiger partial charge on any atom is 0.271 e. The minimum absolute atomic E-state index is 0.155. The minimum atomic E-state index is -0.239. The second kappa shape index (κ2) is 8.71. The lowest BCUT2D eigenvalue weighted by Gasteiger charge is -2.14. The summed E-state index contributed by atoms with van der Waals surface area (Å²) in [5, 5.41) is 8.92. The largest absolute Gasteiger partial charge is 0.493 e. The van der Waals surface area contributed by atoms with E-state index < -0.39 is 0 Å². The molecule has 0 aliphatic carbocycles. The second-order valence-corrected chi connectivity index (χ2v) is 8.12. The topological polar surface area (TPSA) is 62.6 Å². The van der Waals surface area contributed by atoms with E-state index in [0.29, 0.717) is 39.6 Å². The number of amides is 1. The summed E-state index contributed by atoms with van der Waals surface area (Å²) in [4.78, 5) is 14.6. The summed E-state index contributed by atoms with van der Waals surface area (Å²) < 4.78 is 11.2. The molecule has 2 aromatic carbocycles. The molecule has 0 saturated carbocycles. The molecule has 0 bridgehead atoms. The van der Waals surface area contributed by atoms with Gasteiger partial charge in [-0.15, -0.1) is 0 Å². The number of methoxy groups -OCH3 is 1. The SMILES string of the molecule is COc1cc(/C=C2\SC(=N)N(c3ccc(Cl)cc3)C2=O)ccc1OCC(C)C. The molecule has 1 heterocycles. The molecule has 0 atom stereocenters. The first kappa shape index (κ1) is 20.3. The van der Waals surface area contributed by atoms with Crippen molar-refractivity contribution in [2.75, 3.05) is 18.6 Å².